The van der Waals surface area contributed by atoms with Crippen LogP contribution in [0.3, 0.4) is 0 Å². The lowest BCUT2D eigenvalue weighted by molar-refractivity contribution is -0.153. The van der Waals surface area contributed by atoms with Gasteiger partial charge in [0.15, 0.2) is 12.1 Å². The van der Waals surface area contributed by atoms with Crippen molar-refractivity contribution in [3.8, 4) is 0 Å². The Morgan fingerprint density at radius 2 is 1.68 bits per heavy atom. The fourth-order valence-corrected chi connectivity index (χ4v) is 4.80. The molecule has 2 aliphatic rings. The van der Waals surface area contributed by atoms with E-state index in [-0.39, 0.29) is 29.6 Å². The fourth-order valence-electron chi connectivity index (χ4n) is 4.80. The molecule has 1 aliphatic carbocycles. The van der Waals surface area contributed by atoms with Gasteiger partial charge in [-0.05, 0) is 50.7 Å². The van der Waals surface area contributed by atoms with E-state index in [2.05, 4.69) is 6.58 Å². The molecule has 0 unspecified atom stereocenters. The molecule has 1 aromatic carbocycles. The largest absolute Gasteiger partial charge is 0.465 e. The normalized spacial score (nSPS) is 22.5. The van der Waals surface area contributed by atoms with Crippen LogP contribution in [0.15, 0.2) is 18.7 Å². The number of nitrogens with zero attached hydrogens (tertiary/aromatic N) is 1. The molecule has 0 aromatic heterocycles. The van der Waals surface area contributed by atoms with E-state index >= 15 is 4.39 Å². The first-order chi connectivity index (χ1) is 15.0. The fraction of sp³-hybridized carbons (Fsp3) is 0.625. The summed E-state index contributed by atoms with van der Waals surface area (Å²) in [5, 5.41) is 0. The summed E-state index contributed by atoms with van der Waals surface area (Å²) in [5.74, 6) is -0.572. The number of carbonyl (C=O) groups excluding carboxylic acids is 1. The Bertz CT molecular complexity index is 751. The molecule has 31 heavy (non-hydrogen) atoms. The molecular weight excluding hydrogens is 401 g/mol. The molecule has 3 rings (SSSR count). The summed E-state index contributed by atoms with van der Waals surface area (Å²) in [6.45, 7) is 5.08. The third kappa shape index (κ3) is 5.45. The molecule has 1 saturated carbocycles. The molecule has 7 heteroatoms. The molecule has 1 heterocycles. The number of halogens is 1. The Kier molecular flexibility index (Phi) is 8.46. The number of rotatable bonds is 8. The maximum Gasteiger partial charge on any atom is 0.338 e. The Balaban J connectivity index is 1.53. The van der Waals surface area contributed by atoms with Crippen molar-refractivity contribution in [1.29, 1.82) is 0 Å². The SMILES string of the molecule is C=Cc1c(C(=O)OC)ccc(N2CCC(OC3CCC(C(OC)OC)CC3)CC2)c1F. The molecule has 0 atom stereocenters. The van der Waals surface area contributed by atoms with E-state index in [1.165, 1.54) is 13.2 Å². The number of hydrogen-bond acceptors (Lipinski definition) is 6. The lowest BCUT2D eigenvalue weighted by atomic mass is 9.86. The number of esters is 1. The molecule has 1 aromatic rings. The van der Waals surface area contributed by atoms with Crippen LogP contribution >= 0.6 is 0 Å². The van der Waals surface area contributed by atoms with Crippen LogP contribution in [0.4, 0.5) is 10.1 Å². The summed E-state index contributed by atoms with van der Waals surface area (Å²) >= 11 is 0. The van der Waals surface area contributed by atoms with E-state index in [0.717, 1.165) is 38.5 Å². The minimum atomic E-state index is -0.565. The van der Waals surface area contributed by atoms with Crippen LogP contribution in [0.2, 0.25) is 0 Å². The molecule has 172 valence electrons. The summed E-state index contributed by atoms with van der Waals surface area (Å²) < 4.78 is 37.0. The highest BCUT2D eigenvalue weighted by Gasteiger charge is 2.31. The summed E-state index contributed by atoms with van der Waals surface area (Å²) in [7, 11) is 4.66. The first-order valence-electron chi connectivity index (χ1n) is 11.0. The number of ether oxygens (including phenoxy) is 4. The van der Waals surface area contributed by atoms with E-state index in [9.17, 15) is 4.79 Å². The molecule has 1 saturated heterocycles. The highest BCUT2D eigenvalue weighted by molar-refractivity contribution is 5.94. The van der Waals surface area contributed by atoms with Gasteiger partial charge in [-0.1, -0.05) is 12.7 Å². The zero-order valence-electron chi connectivity index (χ0n) is 18.8. The third-order valence-corrected chi connectivity index (χ3v) is 6.50. The van der Waals surface area contributed by atoms with Crippen molar-refractivity contribution in [1.82, 2.24) is 0 Å². The first-order valence-corrected chi connectivity index (χ1v) is 11.0. The number of carbonyl (C=O) groups is 1. The van der Waals surface area contributed by atoms with Gasteiger partial charge in [0, 0.05) is 38.8 Å². The van der Waals surface area contributed by atoms with Crippen molar-refractivity contribution >= 4 is 17.7 Å². The quantitative estimate of drug-likeness (QED) is 0.445. The summed E-state index contributed by atoms with van der Waals surface area (Å²) in [6.07, 6.45) is 7.50. The Labute approximate surface area is 184 Å². The van der Waals surface area contributed by atoms with Gasteiger partial charge in [0.1, 0.15) is 0 Å². The van der Waals surface area contributed by atoms with Crippen LogP contribution in [0.5, 0.6) is 0 Å². The van der Waals surface area contributed by atoms with Crippen molar-refractivity contribution in [3.05, 3.63) is 35.7 Å². The standard InChI is InChI=1S/C24H34FNO5/c1-5-19-20(23(27)28-2)10-11-21(22(19)25)26-14-12-18(13-15-26)31-17-8-6-16(7-9-17)24(29-3)30-4/h5,10-11,16-18,24H,1,6-9,12-15H2,2-4H3. The zero-order valence-corrected chi connectivity index (χ0v) is 18.8. The topological polar surface area (TPSA) is 57.2 Å². The monoisotopic (exact) mass is 435 g/mol. The maximum atomic E-state index is 15.1. The number of benzene rings is 1. The van der Waals surface area contributed by atoms with Crippen LogP contribution in [0.1, 0.15) is 54.4 Å². The van der Waals surface area contributed by atoms with Crippen LogP contribution in [0.25, 0.3) is 6.08 Å². The molecule has 0 radical (unpaired) electrons. The second-order valence-electron chi connectivity index (χ2n) is 8.25. The number of piperidine rings is 1. The van der Waals surface area contributed by atoms with E-state index in [0.29, 0.717) is 24.7 Å². The van der Waals surface area contributed by atoms with Gasteiger partial charge in [0.25, 0.3) is 0 Å². The average Bonchev–Trinajstić information content (AvgIpc) is 2.81. The second-order valence-corrected chi connectivity index (χ2v) is 8.25. The van der Waals surface area contributed by atoms with Gasteiger partial charge in [-0.25, -0.2) is 9.18 Å². The third-order valence-electron chi connectivity index (χ3n) is 6.50. The lowest BCUT2D eigenvalue weighted by Gasteiger charge is -2.38. The van der Waals surface area contributed by atoms with E-state index in [4.69, 9.17) is 18.9 Å². The Morgan fingerprint density at radius 1 is 1.06 bits per heavy atom. The van der Waals surface area contributed by atoms with Crippen molar-refractivity contribution in [2.24, 2.45) is 5.92 Å². The summed E-state index contributed by atoms with van der Waals surface area (Å²) in [6, 6.07) is 3.26. The van der Waals surface area contributed by atoms with Gasteiger partial charge in [-0.2, -0.15) is 0 Å². The molecule has 0 N–H and O–H groups in total. The highest BCUT2D eigenvalue weighted by atomic mass is 19.1. The maximum absolute atomic E-state index is 15.1. The zero-order chi connectivity index (χ0) is 22.4. The highest BCUT2D eigenvalue weighted by Crippen LogP contribution is 2.33. The Morgan fingerprint density at radius 3 is 2.23 bits per heavy atom. The van der Waals surface area contributed by atoms with Gasteiger partial charge in [0.2, 0.25) is 0 Å². The van der Waals surface area contributed by atoms with Crippen LogP contribution < -0.4 is 4.90 Å². The van der Waals surface area contributed by atoms with Gasteiger partial charge in [-0.15, -0.1) is 0 Å². The van der Waals surface area contributed by atoms with E-state index in [1.807, 2.05) is 4.90 Å². The van der Waals surface area contributed by atoms with Crippen molar-refractivity contribution < 1.29 is 28.1 Å². The van der Waals surface area contributed by atoms with Crippen LogP contribution in [-0.4, -0.2) is 58.9 Å². The van der Waals surface area contributed by atoms with Crippen LogP contribution in [0, 0.1) is 11.7 Å². The molecule has 0 spiro atoms. The molecular formula is C24H34FNO5. The average molecular weight is 436 g/mol. The van der Waals surface area contributed by atoms with Gasteiger partial charge in [0.05, 0.1) is 30.6 Å². The molecule has 1 aliphatic heterocycles. The van der Waals surface area contributed by atoms with Gasteiger partial charge < -0.3 is 23.8 Å². The number of anilines is 1. The molecule has 2 fully saturated rings. The van der Waals surface area contributed by atoms with Gasteiger partial charge >= 0.3 is 5.97 Å². The lowest BCUT2D eigenvalue weighted by Crippen LogP contribution is -2.40. The molecule has 6 nitrogen and oxygen atoms in total. The first kappa shape index (κ1) is 23.7. The summed E-state index contributed by atoms with van der Waals surface area (Å²) in [4.78, 5) is 13.9. The molecule has 0 amide bonds. The van der Waals surface area contributed by atoms with Crippen molar-refractivity contribution in [2.75, 3.05) is 39.3 Å². The smallest absolute Gasteiger partial charge is 0.338 e. The predicted molar refractivity (Wildman–Crippen MR) is 118 cm³/mol. The minimum Gasteiger partial charge on any atom is -0.465 e. The number of methoxy groups -OCH3 is 3. The minimum absolute atomic E-state index is 0.134. The van der Waals surface area contributed by atoms with Gasteiger partial charge in [-0.3, -0.25) is 0 Å². The predicted octanol–water partition coefficient (Wildman–Crippen LogP) is 4.42. The summed E-state index contributed by atoms with van der Waals surface area (Å²) in [5.41, 5.74) is 0.869. The van der Waals surface area contributed by atoms with E-state index < -0.39 is 11.8 Å². The van der Waals surface area contributed by atoms with E-state index in [1.54, 1.807) is 26.4 Å². The van der Waals surface area contributed by atoms with Crippen molar-refractivity contribution in [2.45, 2.75) is 57.0 Å². The Hall–Kier alpha value is -1.96. The second kappa shape index (κ2) is 11.1. The van der Waals surface area contributed by atoms with Crippen molar-refractivity contribution in [3.63, 3.8) is 0 Å². The van der Waals surface area contributed by atoms with Crippen LogP contribution in [-0.2, 0) is 18.9 Å². The molecule has 0 bridgehead atoms. The number of hydrogen-bond donors (Lipinski definition) is 0.